The molecular formula is C31H40N2O6. The van der Waals surface area contributed by atoms with E-state index in [1.807, 2.05) is 45.9 Å². The Morgan fingerprint density at radius 1 is 0.949 bits per heavy atom. The fraction of sp³-hybridized carbons (Fsp3) is 0.419. The number of fused-ring (bicyclic) bond motifs is 1. The lowest BCUT2D eigenvalue weighted by Gasteiger charge is -2.36. The van der Waals surface area contributed by atoms with Gasteiger partial charge in [-0.2, -0.15) is 0 Å². The minimum atomic E-state index is -1.07. The summed E-state index contributed by atoms with van der Waals surface area (Å²) in [5.74, 6) is -0.375. The molecule has 8 nitrogen and oxygen atoms in total. The fourth-order valence-corrected chi connectivity index (χ4v) is 4.06. The Balaban J connectivity index is 0.000000355. The van der Waals surface area contributed by atoms with Crippen LogP contribution in [0, 0.1) is 27.7 Å². The van der Waals surface area contributed by atoms with Gasteiger partial charge >= 0.3 is 0 Å². The van der Waals surface area contributed by atoms with Crippen LogP contribution in [0.1, 0.15) is 99.9 Å². The summed E-state index contributed by atoms with van der Waals surface area (Å²) in [5.41, 5.74) is 10.7. The standard InChI is InChI=1S/C17H21NO3.C10H10O2.C4H9NO/c1-10-6-7-14-15(12(10)3)9-18(16(14)21)17(5,13(4)20)8-11(2)19;1-7-3-4-9(5-11)10(6-12)8(7)2;1-3(5)4(2)6/h6-7H,8-9H2,1-5H3;3-6H,1-2H3;3H,5H2,1-2H3. The number of rotatable bonds is 7. The number of nitrogens with two attached hydrogens (primary N) is 1. The zero-order valence-electron chi connectivity index (χ0n) is 24.4. The minimum absolute atomic E-state index is 0.0370. The number of hydrogen-bond acceptors (Lipinski definition) is 7. The van der Waals surface area contributed by atoms with Gasteiger partial charge in [0.1, 0.15) is 17.1 Å². The number of nitrogens with zero attached hydrogens (tertiary/aromatic N) is 1. The van der Waals surface area contributed by atoms with Gasteiger partial charge in [0.2, 0.25) is 0 Å². The van der Waals surface area contributed by atoms with E-state index in [0.29, 0.717) is 29.5 Å². The third kappa shape index (κ3) is 7.86. The second-order valence-electron chi connectivity index (χ2n) is 10.3. The molecule has 1 aliphatic heterocycles. The Labute approximate surface area is 230 Å². The van der Waals surface area contributed by atoms with E-state index < -0.39 is 5.54 Å². The van der Waals surface area contributed by atoms with Gasteiger partial charge < -0.3 is 10.6 Å². The van der Waals surface area contributed by atoms with Gasteiger partial charge in [-0.05, 0) is 96.2 Å². The normalized spacial score (nSPS) is 14.0. The topological polar surface area (TPSA) is 132 Å². The number of aryl methyl sites for hydroxylation is 2. The molecule has 2 atom stereocenters. The summed E-state index contributed by atoms with van der Waals surface area (Å²) in [6.07, 6.45) is 1.49. The second kappa shape index (κ2) is 13.8. The maximum Gasteiger partial charge on any atom is 0.255 e. The lowest BCUT2D eigenvalue weighted by Crippen LogP contribution is -2.52. The van der Waals surface area contributed by atoms with Crippen LogP contribution in [-0.2, 0) is 20.9 Å². The van der Waals surface area contributed by atoms with Crippen molar-refractivity contribution >= 4 is 35.8 Å². The van der Waals surface area contributed by atoms with Crippen molar-refractivity contribution in [3.05, 3.63) is 68.8 Å². The summed E-state index contributed by atoms with van der Waals surface area (Å²) >= 11 is 0. The molecule has 39 heavy (non-hydrogen) atoms. The molecule has 8 heteroatoms. The maximum atomic E-state index is 12.7. The molecule has 0 radical (unpaired) electrons. The predicted octanol–water partition coefficient (Wildman–Crippen LogP) is 4.44. The average Bonchev–Trinajstić information content (AvgIpc) is 3.20. The molecular weight excluding hydrogens is 496 g/mol. The highest BCUT2D eigenvalue weighted by molar-refractivity contribution is 6.04. The van der Waals surface area contributed by atoms with E-state index in [4.69, 9.17) is 5.73 Å². The van der Waals surface area contributed by atoms with Crippen LogP contribution in [0.3, 0.4) is 0 Å². The first-order chi connectivity index (χ1) is 18.0. The zero-order valence-corrected chi connectivity index (χ0v) is 24.4. The van der Waals surface area contributed by atoms with E-state index in [1.54, 1.807) is 24.8 Å². The van der Waals surface area contributed by atoms with Crippen molar-refractivity contribution in [2.75, 3.05) is 0 Å². The van der Waals surface area contributed by atoms with E-state index in [0.717, 1.165) is 34.1 Å². The second-order valence-corrected chi connectivity index (χ2v) is 10.3. The van der Waals surface area contributed by atoms with Crippen LogP contribution in [-0.4, -0.2) is 52.3 Å². The highest BCUT2D eigenvalue weighted by Crippen LogP contribution is 2.34. The molecule has 1 heterocycles. The molecule has 210 valence electrons. The Hall–Kier alpha value is -3.78. The van der Waals surface area contributed by atoms with Gasteiger partial charge in [-0.15, -0.1) is 0 Å². The van der Waals surface area contributed by atoms with Gasteiger partial charge in [0.05, 0.1) is 6.04 Å². The number of amides is 1. The van der Waals surface area contributed by atoms with Gasteiger partial charge in [-0.1, -0.05) is 18.2 Å². The Morgan fingerprint density at radius 2 is 1.46 bits per heavy atom. The molecule has 0 fully saturated rings. The van der Waals surface area contributed by atoms with Crippen LogP contribution in [0.5, 0.6) is 0 Å². The molecule has 0 saturated heterocycles. The summed E-state index contributed by atoms with van der Waals surface area (Å²) in [4.78, 5) is 68.9. The van der Waals surface area contributed by atoms with Crippen molar-refractivity contribution in [3.63, 3.8) is 0 Å². The number of hydrogen-bond donors (Lipinski definition) is 1. The van der Waals surface area contributed by atoms with E-state index >= 15 is 0 Å². The maximum absolute atomic E-state index is 12.7. The van der Waals surface area contributed by atoms with Crippen molar-refractivity contribution < 1.29 is 28.8 Å². The van der Waals surface area contributed by atoms with E-state index in [-0.39, 0.29) is 35.7 Å². The summed E-state index contributed by atoms with van der Waals surface area (Å²) in [6.45, 7) is 15.9. The summed E-state index contributed by atoms with van der Waals surface area (Å²) < 4.78 is 0. The molecule has 3 rings (SSSR count). The smallest absolute Gasteiger partial charge is 0.255 e. The summed E-state index contributed by atoms with van der Waals surface area (Å²) in [6, 6.07) is 6.95. The highest BCUT2D eigenvalue weighted by atomic mass is 16.2. The van der Waals surface area contributed by atoms with E-state index in [2.05, 4.69) is 0 Å². The van der Waals surface area contributed by atoms with E-state index in [9.17, 15) is 28.8 Å². The molecule has 1 aliphatic rings. The van der Waals surface area contributed by atoms with Crippen molar-refractivity contribution in [2.24, 2.45) is 5.73 Å². The summed E-state index contributed by atoms with van der Waals surface area (Å²) in [5, 5.41) is 0. The largest absolute Gasteiger partial charge is 0.322 e. The molecule has 0 aromatic heterocycles. The first-order valence-corrected chi connectivity index (χ1v) is 12.7. The van der Waals surface area contributed by atoms with Crippen LogP contribution in [0.25, 0.3) is 0 Å². The molecule has 0 spiro atoms. The van der Waals surface area contributed by atoms with Crippen LogP contribution in [0.4, 0.5) is 0 Å². The zero-order chi connectivity index (χ0) is 30.2. The monoisotopic (exact) mass is 536 g/mol. The average molecular weight is 537 g/mol. The molecule has 1 amide bonds. The number of aldehydes is 2. The summed E-state index contributed by atoms with van der Waals surface area (Å²) in [7, 11) is 0. The van der Waals surface area contributed by atoms with Gasteiger partial charge in [-0.3, -0.25) is 28.8 Å². The number of carbonyl (C=O) groups excluding carboxylic acids is 6. The lowest BCUT2D eigenvalue weighted by atomic mass is 9.89. The molecule has 0 aliphatic carbocycles. The van der Waals surface area contributed by atoms with Crippen molar-refractivity contribution in [3.8, 4) is 0 Å². The van der Waals surface area contributed by atoms with Crippen LogP contribution in [0.2, 0.25) is 0 Å². The molecule has 0 saturated carbocycles. The van der Waals surface area contributed by atoms with Crippen molar-refractivity contribution in [1.29, 1.82) is 0 Å². The Kier molecular flexibility index (Phi) is 11.8. The third-order valence-electron chi connectivity index (χ3n) is 7.31. The number of ketones is 3. The van der Waals surface area contributed by atoms with Crippen molar-refractivity contribution in [2.45, 2.75) is 86.9 Å². The van der Waals surface area contributed by atoms with Crippen LogP contribution in [0.15, 0.2) is 24.3 Å². The lowest BCUT2D eigenvalue weighted by molar-refractivity contribution is -0.132. The molecule has 2 aromatic carbocycles. The van der Waals surface area contributed by atoms with Crippen molar-refractivity contribution in [1.82, 2.24) is 4.90 Å². The van der Waals surface area contributed by atoms with Gasteiger partial charge in [0, 0.05) is 29.7 Å². The van der Waals surface area contributed by atoms with Gasteiger partial charge in [0.25, 0.3) is 5.91 Å². The van der Waals surface area contributed by atoms with Gasteiger partial charge in [-0.25, -0.2) is 0 Å². The molecule has 2 N–H and O–H groups in total. The number of carbonyl (C=O) groups is 6. The van der Waals surface area contributed by atoms with Gasteiger partial charge in [0.15, 0.2) is 18.4 Å². The molecule has 2 unspecified atom stereocenters. The molecule has 0 bridgehead atoms. The first-order valence-electron chi connectivity index (χ1n) is 12.7. The highest BCUT2D eigenvalue weighted by Gasteiger charge is 2.45. The first kappa shape index (κ1) is 33.2. The van der Waals surface area contributed by atoms with Crippen LogP contribution >= 0.6 is 0 Å². The quantitative estimate of drug-likeness (QED) is 0.518. The minimum Gasteiger partial charge on any atom is -0.322 e. The SMILES string of the molecule is CC(=O)C(C)N.CC(=O)CC(C)(C(C)=O)N1Cc2c(ccc(C)c2C)C1=O.Cc1ccc(C=O)c(C=O)c1C. The Morgan fingerprint density at radius 3 is 1.90 bits per heavy atom. The number of benzene rings is 2. The molecule has 2 aromatic rings. The van der Waals surface area contributed by atoms with E-state index in [1.165, 1.54) is 20.8 Å². The number of Topliss-reactive ketones (excluding diaryl/α,β-unsaturated/α-hetero) is 3. The predicted molar refractivity (Wildman–Crippen MR) is 151 cm³/mol. The van der Waals surface area contributed by atoms with Crippen LogP contribution < -0.4 is 5.73 Å². The Bertz CT molecular complexity index is 1290. The fourth-order valence-electron chi connectivity index (χ4n) is 4.06. The third-order valence-corrected chi connectivity index (χ3v) is 7.31.